The zero-order valence-corrected chi connectivity index (χ0v) is 21.4. The van der Waals surface area contributed by atoms with Crippen LogP contribution in [-0.2, 0) is 16.4 Å². The molecule has 3 aromatic rings. The number of aromatic nitrogens is 1. The van der Waals surface area contributed by atoms with Crippen LogP contribution in [-0.4, -0.2) is 57.1 Å². The number of carbonyl (C=O) groups excluding carboxylic acids is 2. The standard InChI is InChI=1S/C25H27N5O4S2/c1-36(33,34)28-18-11-13-29(14-12-18)22-9-5-4-8-20(22)26-23(31)21-16-35-25(27-21)30-15-10-17-6-2-3-7-19(17)24(30)32/h2-9,16,18,28H,10-15H2,1H3,(H,26,31). The number of sulfonamides is 1. The van der Waals surface area contributed by atoms with Gasteiger partial charge in [-0.1, -0.05) is 30.3 Å². The first kappa shape index (κ1) is 24.4. The molecule has 2 aromatic carbocycles. The molecule has 2 aliphatic heterocycles. The van der Waals surface area contributed by atoms with E-state index in [0.29, 0.717) is 48.9 Å². The summed E-state index contributed by atoms with van der Waals surface area (Å²) >= 11 is 1.28. The lowest BCUT2D eigenvalue weighted by molar-refractivity contribution is 0.0977. The first-order valence-corrected chi connectivity index (χ1v) is 14.5. The number of rotatable bonds is 6. The number of carbonyl (C=O) groups is 2. The molecule has 0 unspecified atom stereocenters. The lowest BCUT2D eigenvalue weighted by atomic mass is 10.00. The highest BCUT2D eigenvalue weighted by atomic mass is 32.2. The third-order valence-electron chi connectivity index (χ3n) is 6.42. The van der Waals surface area contributed by atoms with Crippen molar-refractivity contribution in [3.05, 3.63) is 70.7 Å². The topological polar surface area (TPSA) is 112 Å². The van der Waals surface area contributed by atoms with E-state index in [1.165, 1.54) is 17.6 Å². The van der Waals surface area contributed by atoms with Gasteiger partial charge in [-0.05, 0) is 43.0 Å². The molecule has 5 rings (SSSR count). The van der Waals surface area contributed by atoms with Crippen molar-refractivity contribution < 1.29 is 18.0 Å². The Kier molecular flexibility index (Phi) is 6.78. The summed E-state index contributed by atoms with van der Waals surface area (Å²) in [5.41, 5.74) is 3.50. The van der Waals surface area contributed by atoms with Gasteiger partial charge in [-0.25, -0.2) is 18.1 Å². The number of para-hydroxylation sites is 2. The van der Waals surface area contributed by atoms with Crippen LogP contribution in [0.4, 0.5) is 16.5 Å². The molecule has 2 amide bonds. The van der Waals surface area contributed by atoms with Crippen molar-refractivity contribution in [1.29, 1.82) is 0 Å². The van der Waals surface area contributed by atoms with Crippen molar-refractivity contribution in [2.24, 2.45) is 0 Å². The van der Waals surface area contributed by atoms with Crippen LogP contribution in [0.3, 0.4) is 0 Å². The van der Waals surface area contributed by atoms with E-state index in [2.05, 4.69) is 19.9 Å². The van der Waals surface area contributed by atoms with Crippen LogP contribution in [0, 0.1) is 0 Å². The summed E-state index contributed by atoms with van der Waals surface area (Å²) in [6.07, 6.45) is 3.27. The summed E-state index contributed by atoms with van der Waals surface area (Å²) in [6.45, 7) is 1.86. The van der Waals surface area contributed by atoms with Crippen LogP contribution in [0.15, 0.2) is 53.9 Å². The Balaban J connectivity index is 1.27. The van der Waals surface area contributed by atoms with E-state index in [0.717, 1.165) is 17.7 Å². The number of amides is 2. The van der Waals surface area contributed by atoms with Crippen molar-refractivity contribution >= 4 is 49.7 Å². The highest BCUT2D eigenvalue weighted by molar-refractivity contribution is 7.88. The number of piperidine rings is 1. The lowest BCUT2D eigenvalue weighted by Crippen LogP contribution is -2.44. The van der Waals surface area contributed by atoms with Gasteiger partial charge in [0.05, 0.1) is 17.6 Å². The molecule has 0 bridgehead atoms. The van der Waals surface area contributed by atoms with E-state index in [9.17, 15) is 18.0 Å². The normalized spacial score (nSPS) is 16.6. The molecule has 0 atom stereocenters. The van der Waals surface area contributed by atoms with Gasteiger partial charge < -0.3 is 10.2 Å². The van der Waals surface area contributed by atoms with Crippen LogP contribution in [0.25, 0.3) is 0 Å². The number of benzene rings is 2. The summed E-state index contributed by atoms with van der Waals surface area (Å²) in [5, 5.41) is 5.14. The molecule has 2 aliphatic rings. The highest BCUT2D eigenvalue weighted by Gasteiger charge is 2.28. The third-order valence-corrected chi connectivity index (χ3v) is 8.05. The van der Waals surface area contributed by atoms with Crippen LogP contribution >= 0.6 is 11.3 Å². The lowest BCUT2D eigenvalue weighted by Gasteiger charge is -2.34. The van der Waals surface area contributed by atoms with E-state index in [-0.39, 0.29) is 23.6 Å². The number of anilines is 3. The SMILES string of the molecule is CS(=O)(=O)NC1CCN(c2ccccc2NC(=O)c2csc(N3CCc4ccccc4C3=O)n2)CC1. The molecule has 11 heteroatoms. The fourth-order valence-electron chi connectivity index (χ4n) is 4.68. The quantitative estimate of drug-likeness (QED) is 0.512. The fourth-order valence-corrected chi connectivity index (χ4v) is 6.35. The van der Waals surface area contributed by atoms with Crippen LogP contribution in [0.1, 0.15) is 39.3 Å². The maximum Gasteiger partial charge on any atom is 0.275 e. The van der Waals surface area contributed by atoms with Gasteiger partial charge in [-0.2, -0.15) is 0 Å². The van der Waals surface area contributed by atoms with Crippen molar-refractivity contribution in [3.8, 4) is 0 Å². The second-order valence-corrected chi connectivity index (χ2v) is 11.6. The Morgan fingerprint density at radius 2 is 1.78 bits per heavy atom. The largest absolute Gasteiger partial charge is 0.370 e. The molecule has 36 heavy (non-hydrogen) atoms. The smallest absolute Gasteiger partial charge is 0.275 e. The molecule has 3 heterocycles. The van der Waals surface area contributed by atoms with Gasteiger partial charge in [0.2, 0.25) is 10.0 Å². The van der Waals surface area contributed by atoms with Crippen molar-refractivity contribution in [2.75, 3.05) is 41.0 Å². The average Bonchev–Trinajstić information content (AvgIpc) is 3.35. The molecule has 0 saturated carbocycles. The molecule has 9 nitrogen and oxygen atoms in total. The number of fused-ring (bicyclic) bond motifs is 1. The molecule has 0 radical (unpaired) electrons. The van der Waals surface area contributed by atoms with Crippen molar-refractivity contribution in [3.63, 3.8) is 0 Å². The minimum absolute atomic E-state index is 0.0871. The molecule has 0 aliphatic carbocycles. The molecule has 188 valence electrons. The van der Waals surface area contributed by atoms with E-state index >= 15 is 0 Å². The Labute approximate surface area is 214 Å². The highest BCUT2D eigenvalue weighted by Crippen LogP contribution is 2.30. The second kappa shape index (κ2) is 10.00. The second-order valence-electron chi connectivity index (χ2n) is 9.00. The van der Waals surface area contributed by atoms with Gasteiger partial charge in [0.25, 0.3) is 11.8 Å². The zero-order chi connectivity index (χ0) is 25.3. The van der Waals surface area contributed by atoms with Gasteiger partial charge in [-0.3, -0.25) is 14.5 Å². The number of hydrogen-bond acceptors (Lipinski definition) is 7. The number of thiazole rings is 1. The molecule has 1 fully saturated rings. The molecular formula is C25H27N5O4S2. The van der Waals surface area contributed by atoms with Gasteiger partial charge in [-0.15, -0.1) is 11.3 Å². The summed E-state index contributed by atoms with van der Waals surface area (Å²) in [7, 11) is -3.24. The summed E-state index contributed by atoms with van der Waals surface area (Å²) in [6, 6.07) is 15.0. The Hall–Kier alpha value is -3.28. The minimum atomic E-state index is -3.24. The number of hydrogen-bond donors (Lipinski definition) is 2. The van der Waals surface area contributed by atoms with Gasteiger partial charge >= 0.3 is 0 Å². The molecule has 1 saturated heterocycles. The van der Waals surface area contributed by atoms with Crippen LogP contribution < -0.4 is 19.8 Å². The average molecular weight is 526 g/mol. The first-order valence-electron chi connectivity index (χ1n) is 11.8. The minimum Gasteiger partial charge on any atom is -0.370 e. The third kappa shape index (κ3) is 5.28. The number of nitrogens with zero attached hydrogens (tertiary/aromatic N) is 3. The number of nitrogens with one attached hydrogen (secondary N) is 2. The predicted molar refractivity (Wildman–Crippen MR) is 142 cm³/mol. The first-order chi connectivity index (χ1) is 17.3. The Bertz CT molecular complexity index is 1400. The van der Waals surface area contributed by atoms with E-state index in [1.807, 2.05) is 48.5 Å². The van der Waals surface area contributed by atoms with Crippen molar-refractivity contribution in [2.45, 2.75) is 25.3 Å². The molecular weight excluding hydrogens is 498 g/mol. The van der Waals surface area contributed by atoms with Crippen molar-refractivity contribution in [1.82, 2.24) is 9.71 Å². The molecule has 1 aromatic heterocycles. The monoisotopic (exact) mass is 525 g/mol. The maximum atomic E-state index is 13.1. The van der Waals surface area contributed by atoms with E-state index in [1.54, 1.807) is 10.3 Å². The fraction of sp³-hybridized carbons (Fsp3) is 0.320. The van der Waals surface area contributed by atoms with Crippen LogP contribution in [0.2, 0.25) is 0 Å². The maximum absolute atomic E-state index is 13.1. The Morgan fingerprint density at radius 1 is 1.06 bits per heavy atom. The van der Waals surface area contributed by atoms with Gasteiger partial charge in [0.15, 0.2) is 5.13 Å². The summed E-state index contributed by atoms with van der Waals surface area (Å²) in [4.78, 5) is 34.3. The Morgan fingerprint density at radius 3 is 2.56 bits per heavy atom. The summed E-state index contributed by atoms with van der Waals surface area (Å²) < 4.78 is 25.8. The zero-order valence-electron chi connectivity index (χ0n) is 19.8. The molecule has 0 spiro atoms. The van der Waals surface area contributed by atoms with Crippen LogP contribution in [0.5, 0.6) is 0 Å². The van der Waals surface area contributed by atoms with E-state index in [4.69, 9.17) is 0 Å². The van der Waals surface area contributed by atoms with Gasteiger partial charge in [0.1, 0.15) is 5.69 Å². The van der Waals surface area contributed by atoms with E-state index < -0.39 is 10.0 Å². The summed E-state index contributed by atoms with van der Waals surface area (Å²) in [5.74, 6) is -0.444. The molecule has 2 N–H and O–H groups in total. The predicted octanol–water partition coefficient (Wildman–Crippen LogP) is 3.12. The van der Waals surface area contributed by atoms with Gasteiger partial charge in [0, 0.05) is 36.6 Å².